The zero-order chi connectivity index (χ0) is 25.6. The molecule has 0 aliphatic carbocycles. The number of fused-ring (bicyclic) bond motifs is 1. The Balaban J connectivity index is 0.00000167. The molecule has 0 amide bonds. The van der Waals surface area contributed by atoms with E-state index in [0.29, 0.717) is 16.7 Å². The maximum atomic E-state index is 14.9. The van der Waals surface area contributed by atoms with Crippen LogP contribution in [0, 0.1) is 12.7 Å². The number of benzene rings is 1. The summed E-state index contributed by atoms with van der Waals surface area (Å²) in [6.45, 7) is 5.72. The quantitative estimate of drug-likeness (QED) is 0.366. The van der Waals surface area contributed by atoms with Crippen LogP contribution in [0.2, 0.25) is 0 Å². The first-order valence-electron chi connectivity index (χ1n) is 10.6. The summed E-state index contributed by atoms with van der Waals surface area (Å²) in [5, 5.41) is 0.636. The van der Waals surface area contributed by atoms with Gasteiger partial charge in [0.05, 0.1) is 0 Å². The van der Waals surface area contributed by atoms with E-state index in [9.17, 15) is 17.6 Å². The summed E-state index contributed by atoms with van der Waals surface area (Å²) in [5.41, 5.74) is 0.538. The molecule has 3 aromatic heterocycles. The van der Waals surface area contributed by atoms with E-state index >= 15 is 0 Å². The summed E-state index contributed by atoms with van der Waals surface area (Å²) in [6.07, 6.45) is 4.20. The lowest BCUT2D eigenvalue weighted by molar-refractivity contribution is 0.440. The predicted molar refractivity (Wildman–Crippen MR) is 129 cm³/mol. The summed E-state index contributed by atoms with van der Waals surface area (Å²) in [6, 6.07) is 8.10. The van der Waals surface area contributed by atoms with Gasteiger partial charge < -0.3 is 9.15 Å². The van der Waals surface area contributed by atoms with Crippen molar-refractivity contribution in [2.45, 2.75) is 27.2 Å². The molecule has 2 N–H and O–H groups in total. The molecule has 0 aliphatic rings. The van der Waals surface area contributed by atoms with E-state index in [0.717, 1.165) is 0 Å². The highest BCUT2D eigenvalue weighted by atomic mass is 32.2. The fraction of sp³-hybridized carbons (Fsp3) is 0.217. The minimum atomic E-state index is -3.96. The van der Waals surface area contributed by atoms with Gasteiger partial charge in [-0.3, -0.25) is 4.72 Å². The number of halogens is 1. The van der Waals surface area contributed by atoms with Crippen LogP contribution in [-0.2, 0) is 16.6 Å². The molecule has 0 aliphatic heterocycles. The van der Waals surface area contributed by atoms with Gasteiger partial charge in [0.2, 0.25) is 0 Å². The SMILES string of the molecule is CC.CNS(=O)(=O)Nc1nccc(Cc2c(C)c3ccc(Oc4ncccn4)cc3oc2=O)c1F. The molecular formula is C23H24FN5O5S. The topological polar surface area (TPSA) is 136 Å². The van der Waals surface area contributed by atoms with Gasteiger partial charge >= 0.3 is 11.6 Å². The molecule has 0 saturated heterocycles. The van der Waals surface area contributed by atoms with E-state index in [1.807, 2.05) is 23.3 Å². The standard InChI is InChI=1S/C21H18FN5O5S.C2H6/c1-12-15-5-4-14(31-21-25-7-3-8-26-21)11-17(15)32-20(28)16(12)10-13-6-9-24-19(18(13)22)27-33(29,30)23-2;1-2/h3-9,11,23H,10H2,1-2H3,(H,24,27);1-2H3. The number of anilines is 1. The maximum absolute atomic E-state index is 14.9. The summed E-state index contributed by atoms with van der Waals surface area (Å²) >= 11 is 0. The van der Waals surface area contributed by atoms with Gasteiger partial charge in [-0.2, -0.15) is 8.42 Å². The molecule has 184 valence electrons. The smallest absolute Gasteiger partial charge is 0.340 e. The van der Waals surface area contributed by atoms with Gasteiger partial charge in [-0.05, 0) is 42.3 Å². The number of aryl methyl sites for hydroxylation is 1. The Kier molecular flexibility index (Phi) is 8.10. The maximum Gasteiger partial charge on any atom is 0.340 e. The molecule has 35 heavy (non-hydrogen) atoms. The Morgan fingerprint density at radius 3 is 2.49 bits per heavy atom. The highest BCUT2D eigenvalue weighted by Crippen LogP contribution is 2.27. The summed E-state index contributed by atoms with van der Waals surface area (Å²) in [7, 11) is -2.78. The zero-order valence-corrected chi connectivity index (χ0v) is 20.3. The molecule has 3 heterocycles. The molecule has 4 aromatic rings. The lowest BCUT2D eigenvalue weighted by Gasteiger charge is -2.12. The highest BCUT2D eigenvalue weighted by molar-refractivity contribution is 7.90. The van der Waals surface area contributed by atoms with E-state index in [2.05, 4.69) is 15.0 Å². The largest absolute Gasteiger partial charge is 0.424 e. The van der Waals surface area contributed by atoms with E-state index in [4.69, 9.17) is 9.15 Å². The molecular weight excluding hydrogens is 477 g/mol. The molecule has 1 aromatic carbocycles. The summed E-state index contributed by atoms with van der Waals surface area (Å²) in [5.74, 6) is -0.984. The molecule has 0 atom stereocenters. The zero-order valence-electron chi connectivity index (χ0n) is 19.5. The van der Waals surface area contributed by atoms with Gasteiger partial charge in [0, 0.05) is 49.1 Å². The van der Waals surface area contributed by atoms with Crippen LogP contribution >= 0.6 is 0 Å². The molecule has 4 rings (SSSR count). The molecule has 0 spiro atoms. The highest BCUT2D eigenvalue weighted by Gasteiger charge is 2.19. The second-order valence-electron chi connectivity index (χ2n) is 6.90. The van der Waals surface area contributed by atoms with Crippen LogP contribution in [0.1, 0.15) is 30.5 Å². The summed E-state index contributed by atoms with van der Waals surface area (Å²) in [4.78, 5) is 24.4. The van der Waals surface area contributed by atoms with Crippen molar-refractivity contribution in [2.24, 2.45) is 0 Å². The van der Waals surface area contributed by atoms with E-state index in [1.165, 1.54) is 31.7 Å². The first-order valence-corrected chi connectivity index (χ1v) is 12.1. The monoisotopic (exact) mass is 501 g/mol. The number of pyridine rings is 1. The van der Waals surface area contributed by atoms with Crippen molar-refractivity contribution in [1.29, 1.82) is 0 Å². The number of hydrogen-bond donors (Lipinski definition) is 2. The Bertz CT molecular complexity index is 1490. The van der Waals surface area contributed by atoms with Crippen molar-refractivity contribution in [3.05, 3.63) is 81.9 Å². The lowest BCUT2D eigenvalue weighted by Crippen LogP contribution is -2.27. The van der Waals surface area contributed by atoms with Gasteiger partial charge in [-0.25, -0.2) is 28.9 Å². The molecule has 0 fully saturated rings. The van der Waals surface area contributed by atoms with Gasteiger partial charge in [0.25, 0.3) is 10.2 Å². The van der Waals surface area contributed by atoms with Crippen LogP contribution in [0.15, 0.2) is 58.1 Å². The van der Waals surface area contributed by atoms with Gasteiger partial charge in [-0.15, -0.1) is 0 Å². The molecule has 0 bridgehead atoms. The normalized spacial score (nSPS) is 11.0. The van der Waals surface area contributed by atoms with Crippen LogP contribution in [0.4, 0.5) is 10.2 Å². The Morgan fingerprint density at radius 1 is 1.09 bits per heavy atom. The first kappa shape index (κ1) is 25.7. The van der Waals surface area contributed by atoms with E-state index < -0.39 is 27.5 Å². The van der Waals surface area contributed by atoms with Crippen molar-refractivity contribution >= 4 is 27.0 Å². The number of ether oxygens (including phenoxy) is 1. The van der Waals surface area contributed by atoms with E-state index in [1.54, 1.807) is 31.2 Å². The second-order valence-corrected chi connectivity index (χ2v) is 8.52. The third-order valence-electron chi connectivity index (χ3n) is 4.85. The van der Waals surface area contributed by atoms with Gasteiger partial charge in [0.1, 0.15) is 11.3 Å². The molecule has 10 nitrogen and oxygen atoms in total. The van der Waals surface area contributed by atoms with Gasteiger partial charge in [-0.1, -0.05) is 13.8 Å². The van der Waals surface area contributed by atoms with Gasteiger partial charge in [0.15, 0.2) is 11.6 Å². The molecule has 0 unspecified atom stereocenters. The second kappa shape index (κ2) is 11.0. The Hall–Kier alpha value is -3.90. The van der Waals surface area contributed by atoms with Crippen LogP contribution < -0.4 is 19.8 Å². The number of aromatic nitrogens is 3. The number of nitrogens with one attached hydrogen (secondary N) is 2. The number of rotatable bonds is 7. The van der Waals surface area contributed by atoms with Crippen LogP contribution in [-0.4, -0.2) is 30.4 Å². The van der Waals surface area contributed by atoms with Crippen molar-refractivity contribution in [1.82, 2.24) is 19.7 Å². The predicted octanol–water partition coefficient (Wildman–Crippen LogP) is 3.71. The number of nitrogens with zero attached hydrogens (tertiary/aromatic N) is 3. The van der Waals surface area contributed by atoms with Crippen molar-refractivity contribution < 1.29 is 22.0 Å². The first-order chi connectivity index (χ1) is 16.8. The van der Waals surface area contributed by atoms with Crippen molar-refractivity contribution in [2.75, 3.05) is 11.8 Å². The van der Waals surface area contributed by atoms with Crippen molar-refractivity contribution in [3.63, 3.8) is 0 Å². The van der Waals surface area contributed by atoms with Crippen LogP contribution in [0.25, 0.3) is 11.0 Å². The van der Waals surface area contributed by atoms with E-state index in [-0.39, 0.29) is 29.1 Å². The fourth-order valence-corrected chi connectivity index (χ4v) is 3.64. The van der Waals surface area contributed by atoms with Crippen molar-refractivity contribution in [3.8, 4) is 11.8 Å². The Labute approximate surface area is 201 Å². The third-order valence-corrected chi connectivity index (χ3v) is 5.85. The molecule has 0 saturated carbocycles. The average Bonchev–Trinajstić information content (AvgIpc) is 2.85. The van der Waals surface area contributed by atoms with Crippen LogP contribution in [0.3, 0.4) is 0 Å². The minimum absolute atomic E-state index is 0.0785. The average molecular weight is 502 g/mol. The number of hydrogen-bond acceptors (Lipinski definition) is 8. The lowest BCUT2D eigenvalue weighted by atomic mass is 10.00. The summed E-state index contributed by atoms with van der Waals surface area (Å²) < 4.78 is 53.3. The van der Waals surface area contributed by atoms with Crippen LogP contribution in [0.5, 0.6) is 11.8 Å². The minimum Gasteiger partial charge on any atom is -0.424 e. The molecule has 0 radical (unpaired) electrons. The Morgan fingerprint density at radius 2 is 1.80 bits per heavy atom. The fourth-order valence-electron chi connectivity index (χ4n) is 3.15. The third kappa shape index (κ3) is 5.97. The molecule has 12 heteroatoms.